The van der Waals surface area contributed by atoms with Crippen molar-refractivity contribution in [1.29, 1.82) is 0 Å². The zero-order chi connectivity index (χ0) is 19.4. The molecule has 0 radical (unpaired) electrons. The molecule has 1 aromatic carbocycles. The zero-order valence-corrected chi connectivity index (χ0v) is 15.3. The van der Waals surface area contributed by atoms with Crippen LogP contribution in [0.2, 0.25) is 0 Å². The molecule has 1 aliphatic heterocycles. The molecule has 1 aliphatic rings. The van der Waals surface area contributed by atoms with Crippen LogP contribution in [0.1, 0.15) is 23.2 Å². The highest BCUT2D eigenvalue weighted by Crippen LogP contribution is 2.31. The van der Waals surface area contributed by atoms with Crippen LogP contribution in [-0.4, -0.2) is 54.3 Å². The lowest BCUT2D eigenvalue weighted by atomic mass is 10.1. The number of aromatic nitrogens is 2. The van der Waals surface area contributed by atoms with Crippen LogP contribution in [0.4, 0.5) is 17.2 Å². The molecule has 0 aliphatic carbocycles. The minimum Gasteiger partial charge on any atom is -0.367 e. The SMILES string of the molecule is CNC(=O)c1ccc(N(C)CC2CCCN2c2cccnn2)c([N+](=O)[O-])c1. The second-order valence-electron chi connectivity index (χ2n) is 6.49. The van der Waals surface area contributed by atoms with Gasteiger partial charge in [0.2, 0.25) is 0 Å². The van der Waals surface area contributed by atoms with E-state index in [9.17, 15) is 14.9 Å². The van der Waals surface area contributed by atoms with Gasteiger partial charge in [-0.25, -0.2) is 0 Å². The van der Waals surface area contributed by atoms with Crippen molar-refractivity contribution in [3.63, 3.8) is 0 Å². The number of carbonyl (C=O) groups excluding carboxylic acids is 1. The number of amides is 1. The summed E-state index contributed by atoms with van der Waals surface area (Å²) in [6.45, 7) is 1.49. The van der Waals surface area contributed by atoms with Crippen LogP contribution in [-0.2, 0) is 0 Å². The van der Waals surface area contributed by atoms with Crippen molar-refractivity contribution in [3.05, 3.63) is 52.2 Å². The topological polar surface area (TPSA) is 104 Å². The Balaban J connectivity index is 1.82. The Hall–Kier alpha value is -3.23. The molecule has 3 rings (SSSR count). The lowest BCUT2D eigenvalue weighted by molar-refractivity contribution is -0.384. The van der Waals surface area contributed by atoms with Gasteiger partial charge in [0.05, 0.1) is 4.92 Å². The highest BCUT2D eigenvalue weighted by molar-refractivity contribution is 5.95. The molecule has 1 fully saturated rings. The standard InChI is InChI=1S/C18H22N6O3/c1-19-18(25)13-7-8-15(16(11-13)24(26)27)22(2)12-14-5-4-10-23(14)17-6-3-9-20-21-17/h3,6-9,11,14H,4-5,10,12H2,1-2H3,(H,19,25). The number of hydrogen-bond donors (Lipinski definition) is 1. The second kappa shape index (κ2) is 7.98. The van der Waals surface area contributed by atoms with Crippen LogP contribution >= 0.6 is 0 Å². The fourth-order valence-electron chi connectivity index (χ4n) is 3.47. The molecular formula is C18H22N6O3. The molecule has 9 heteroatoms. The molecule has 1 saturated heterocycles. The van der Waals surface area contributed by atoms with E-state index >= 15 is 0 Å². The van der Waals surface area contributed by atoms with Crippen molar-refractivity contribution in [1.82, 2.24) is 15.5 Å². The van der Waals surface area contributed by atoms with E-state index in [0.29, 0.717) is 12.2 Å². The molecule has 0 saturated carbocycles. The molecule has 2 heterocycles. The molecule has 9 nitrogen and oxygen atoms in total. The van der Waals surface area contributed by atoms with Crippen LogP contribution in [0.15, 0.2) is 36.5 Å². The number of nitro benzene ring substituents is 1. The van der Waals surface area contributed by atoms with E-state index in [1.165, 1.54) is 13.1 Å². The number of nitro groups is 1. The summed E-state index contributed by atoms with van der Waals surface area (Å²) in [5.41, 5.74) is 0.671. The number of likely N-dealkylation sites (N-methyl/N-ethyl adjacent to an activating group) is 1. The summed E-state index contributed by atoms with van der Waals surface area (Å²) in [5.74, 6) is 0.467. The van der Waals surface area contributed by atoms with Crippen molar-refractivity contribution in [2.45, 2.75) is 18.9 Å². The van der Waals surface area contributed by atoms with E-state index in [4.69, 9.17) is 0 Å². The number of rotatable bonds is 6. The van der Waals surface area contributed by atoms with Crippen molar-refractivity contribution in [3.8, 4) is 0 Å². The Kier molecular flexibility index (Phi) is 5.49. The van der Waals surface area contributed by atoms with Crippen LogP contribution in [0.25, 0.3) is 0 Å². The first kappa shape index (κ1) is 18.6. The van der Waals surface area contributed by atoms with E-state index in [1.807, 2.05) is 24.1 Å². The van der Waals surface area contributed by atoms with Gasteiger partial charge < -0.3 is 15.1 Å². The van der Waals surface area contributed by atoms with E-state index in [-0.39, 0.29) is 23.2 Å². The molecule has 142 valence electrons. The van der Waals surface area contributed by atoms with Gasteiger partial charge in [-0.05, 0) is 37.1 Å². The monoisotopic (exact) mass is 370 g/mol. The number of nitrogens with one attached hydrogen (secondary N) is 1. The molecule has 1 aromatic heterocycles. The molecule has 0 spiro atoms. The van der Waals surface area contributed by atoms with Gasteiger partial charge in [-0.1, -0.05) is 0 Å². The molecule has 2 aromatic rings. The average molecular weight is 370 g/mol. The smallest absolute Gasteiger partial charge is 0.293 e. The number of carbonyl (C=O) groups is 1. The first-order chi connectivity index (χ1) is 13.0. The zero-order valence-electron chi connectivity index (χ0n) is 15.3. The van der Waals surface area contributed by atoms with Gasteiger partial charge in [0.1, 0.15) is 5.69 Å². The molecule has 1 unspecified atom stereocenters. The third-order valence-corrected chi connectivity index (χ3v) is 4.79. The van der Waals surface area contributed by atoms with Gasteiger partial charge in [0, 0.05) is 51.1 Å². The van der Waals surface area contributed by atoms with Gasteiger partial charge in [-0.2, -0.15) is 5.10 Å². The number of benzene rings is 1. The minimum atomic E-state index is -0.451. The quantitative estimate of drug-likeness (QED) is 0.611. The first-order valence-electron chi connectivity index (χ1n) is 8.77. The molecular weight excluding hydrogens is 348 g/mol. The lowest BCUT2D eigenvalue weighted by Crippen LogP contribution is -2.39. The fraction of sp³-hybridized carbons (Fsp3) is 0.389. The Morgan fingerprint density at radius 2 is 2.26 bits per heavy atom. The van der Waals surface area contributed by atoms with Crippen LogP contribution in [0.5, 0.6) is 0 Å². The van der Waals surface area contributed by atoms with E-state index < -0.39 is 4.92 Å². The summed E-state index contributed by atoms with van der Waals surface area (Å²) >= 11 is 0. The van der Waals surface area contributed by atoms with Crippen LogP contribution in [0, 0.1) is 10.1 Å². The largest absolute Gasteiger partial charge is 0.367 e. The van der Waals surface area contributed by atoms with Gasteiger partial charge in [0.25, 0.3) is 11.6 Å². The summed E-state index contributed by atoms with van der Waals surface area (Å²) in [6.07, 6.45) is 3.65. The normalized spacial score (nSPS) is 16.2. The maximum atomic E-state index is 11.8. The fourth-order valence-corrected chi connectivity index (χ4v) is 3.47. The van der Waals surface area contributed by atoms with Crippen LogP contribution in [0.3, 0.4) is 0 Å². The number of anilines is 2. The third-order valence-electron chi connectivity index (χ3n) is 4.79. The summed E-state index contributed by atoms with van der Waals surface area (Å²) < 4.78 is 0. The summed E-state index contributed by atoms with van der Waals surface area (Å²) in [6, 6.07) is 8.51. The Bertz CT molecular complexity index is 829. The maximum absolute atomic E-state index is 11.8. The lowest BCUT2D eigenvalue weighted by Gasteiger charge is -2.30. The second-order valence-corrected chi connectivity index (χ2v) is 6.49. The Morgan fingerprint density at radius 3 is 2.93 bits per heavy atom. The van der Waals surface area contributed by atoms with E-state index in [1.54, 1.807) is 18.3 Å². The van der Waals surface area contributed by atoms with Gasteiger partial charge >= 0.3 is 0 Å². The molecule has 1 N–H and O–H groups in total. The molecule has 0 bridgehead atoms. The highest BCUT2D eigenvalue weighted by Gasteiger charge is 2.29. The number of hydrogen-bond acceptors (Lipinski definition) is 7. The molecule has 27 heavy (non-hydrogen) atoms. The first-order valence-corrected chi connectivity index (χ1v) is 8.77. The average Bonchev–Trinajstić information content (AvgIpc) is 3.15. The van der Waals surface area contributed by atoms with Crippen molar-refractivity contribution in [2.75, 3.05) is 37.0 Å². The van der Waals surface area contributed by atoms with Crippen molar-refractivity contribution < 1.29 is 9.72 Å². The van der Waals surface area contributed by atoms with E-state index in [0.717, 1.165) is 25.2 Å². The molecule has 1 amide bonds. The molecule has 1 atom stereocenters. The number of nitrogens with zero attached hydrogens (tertiary/aromatic N) is 5. The summed E-state index contributed by atoms with van der Waals surface area (Å²) in [5, 5.41) is 22.1. The maximum Gasteiger partial charge on any atom is 0.293 e. The predicted octanol–water partition coefficient (Wildman–Crippen LogP) is 1.85. The third kappa shape index (κ3) is 3.97. The Labute approximate surface area is 157 Å². The summed E-state index contributed by atoms with van der Waals surface area (Å²) in [7, 11) is 3.32. The van der Waals surface area contributed by atoms with Gasteiger partial charge in [-0.15, -0.1) is 5.10 Å². The van der Waals surface area contributed by atoms with E-state index in [2.05, 4.69) is 20.4 Å². The van der Waals surface area contributed by atoms with Gasteiger partial charge in [0.15, 0.2) is 5.82 Å². The summed E-state index contributed by atoms with van der Waals surface area (Å²) in [4.78, 5) is 26.9. The predicted molar refractivity (Wildman–Crippen MR) is 102 cm³/mol. The minimum absolute atomic E-state index is 0.0809. The van der Waals surface area contributed by atoms with Crippen LogP contribution < -0.4 is 15.1 Å². The van der Waals surface area contributed by atoms with Gasteiger partial charge in [-0.3, -0.25) is 14.9 Å². The van der Waals surface area contributed by atoms with Crippen molar-refractivity contribution in [2.24, 2.45) is 0 Å². The Morgan fingerprint density at radius 1 is 1.44 bits per heavy atom. The highest BCUT2D eigenvalue weighted by atomic mass is 16.6. The van der Waals surface area contributed by atoms with Crippen molar-refractivity contribution >= 4 is 23.1 Å².